The summed E-state index contributed by atoms with van der Waals surface area (Å²) in [5.74, 6) is -1.74. The van der Waals surface area contributed by atoms with Crippen molar-refractivity contribution in [3.63, 3.8) is 0 Å². The molecule has 0 saturated carbocycles. The van der Waals surface area contributed by atoms with E-state index in [1.54, 1.807) is 24.3 Å². The molecule has 1 aliphatic rings. The maximum atomic E-state index is 13.0. The van der Waals surface area contributed by atoms with E-state index in [0.717, 1.165) is 16.2 Å². The number of anilines is 2. The second-order valence-electron chi connectivity index (χ2n) is 6.47. The Labute approximate surface area is 151 Å². The number of nitrogens with zero attached hydrogens (tertiary/aromatic N) is 2. The minimum absolute atomic E-state index is 0.227. The number of carboxylic acid groups (broad SMARTS) is 1. The fourth-order valence-electron chi connectivity index (χ4n) is 3.16. The summed E-state index contributed by atoms with van der Waals surface area (Å²) in [7, 11) is 3.80. The molecule has 0 radical (unpaired) electrons. The number of aliphatic carboxylic acids is 1. The lowest BCUT2D eigenvalue weighted by Crippen LogP contribution is -2.41. The highest BCUT2D eigenvalue weighted by molar-refractivity contribution is 6.22. The molecule has 0 atom stereocenters. The lowest BCUT2D eigenvalue weighted by atomic mass is 9.95. The lowest BCUT2D eigenvalue weighted by Gasteiger charge is -2.30. The lowest BCUT2D eigenvalue weighted by molar-refractivity contribution is -0.136. The van der Waals surface area contributed by atoms with Gasteiger partial charge in [-0.25, -0.2) is 4.90 Å². The molecule has 1 N–H and O–H groups in total. The van der Waals surface area contributed by atoms with E-state index < -0.39 is 11.9 Å². The van der Waals surface area contributed by atoms with E-state index in [9.17, 15) is 14.4 Å². The average molecular weight is 352 g/mol. The topological polar surface area (TPSA) is 77.9 Å². The van der Waals surface area contributed by atoms with Crippen molar-refractivity contribution in [1.82, 2.24) is 0 Å². The van der Waals surface area contributed by atoms with E-state index in [1.165, 1.54) is 0 Å². The summed E-state index contributed by atoms with van der Waals surface area (Å²) in [4.78, 5) is 39.8. The number of carboxylic acids is 1. The zero-order valence-electron chi connectivity index (χ0n) is 14.7. The van der Waals surface area contributed by atoms with Crippen LogP contribution in [0.15, 0.2) is 42.5 Å². The molecule has 0 saturated heterocycles. The first-order chi connectivity index (χ1) is 12.4. The normalized spacial score (nSPS) is 13.3. The maximum Gasteiger partial charge on any atom is 0.307 e. The highest BCUT2D eigenvalue weighted by Crippen LogP contribution is 2.33. The van der Waals surface area contributed by atoms with Crippen LogP contribution in [0.25, 0.3) is 0 Å². The van der Waals surface area contributed by atoms with Crippen LogP contribution >= 0.6 is 0 Å². The Morgan fingerprint density at radius 2 is 1.77 bits per heavy atom. The molecule has 134 valence electrons. The molecule has 0 unspecified atom stereocenters. The number of fused-ring (bicyclic) bond motifs is 1. The summed E-state index contributed by atoms with van der Waals surface area (Å²) >= 11 is 0. The largest absolute Gasteiger partial charge is 0.481 e. The van der Waals surface area contributed by atoms with Crippen LogP contribution in [0.2, 0.25) is 0 Å². The van der Waals surface area contributed by atoms with Gasteiger partial charge in [-0.3, -0.25) is 14.4 Å². The van der Waals surface area contributed by atoms with Crippen LogP contribution in [-0.4, -0.2) is 37.0 Å². The molecule has 1 heterocycles. The molecular weight excluding hydrogens is 332 g/mol. The first-order valence-corrected chi connectivity index (χ1v) is 8.35. The molecule has 2 aromatic carbocycles. The summed E-state index contributed by atoms with van der Waals surface area (Å²) in [5.41, 5.74) is 3.05. The Balaban J connectivity index is 2.03. The minimum atomic E-state index is -1.00. The van der Waals surface area contributed by atoms with Crippen LogP contribution in [-0.2, 0) is 22.4 Å². The average Bonchev–Trinajstić information content (AvgIpc) is 2.61. The number of carbonyl (C=O) groups excluding carboxylic acids is 2. The van der Waals surface area contributed by atoms with Gasteiger partial charge in [-0.2, -0.15) is 0 Å². The van der Waals surface area contributed by atoms with Crippen LogP contribution in [0.3, 0.4) is 0 Å². The monoisotopic (exact) mass is 352 g/mol. The number of hydrogen-bond donors (Lipinski definition) is 1. The van der Waals surface area contributed by atoms with Crippen LogP contribution in [0, 0.1) is 0 Å². The van der Waals surface area contributed by atoms with Gasteiger partial charge in [-0.15, -0.1) is 0 Å². The van der Waals surface area contributed by atoms with Crippen LogP contribution in [0.5, 0.6) is 0 Å². The predicted octanol–water partition coefficient (Wildman–Crippen LogP) is 2.50. The van der Waals surface area contributed by atoms with Crippen LogP contribution in [0.1, 0.15) is 27.9 Å². The summed E-state index contributed by atoms with van der Waals surface area (Å²) in [6.45, 7) is 0. The Kier molecular flexibility index (Phi) is 4.75. The second kappa shape index (κ2) is 7.00. The van der Waals surface area contributed by atoms with E-state index >= 15 is 0 Å². The standard InChI is InChI=1S/C20H20N2O4/c1-21(2)16-9-6-14(7-10-16)20(26)22-17(23)11-8-13-4-3-5-15(19(13)22)12-18(24)25/h3-7,9-10H,8,11-12H2,1-2H3,(H,24,25). The van der Waals surface area contributed by atoms with Gasteiger partial charge in [-0.05, 0) is 41.8 Å². The number of hydrogen-bond acceptors (Lipinski definition) is 4. The first-order valence-electron chi connectivity index (χ1n) is 8.35. The summed E-state index contributed by atoms with van der Waals surface area (Å²) in [6, 6.07) is 12.2. The number of amides is 2. The van der Waals surface area contributed by atoms with Gasteiger partial charge in [0.1, 0.15) is 0 Å². The Morgan fingerprint density at radius 3 is 2.38 bits per heavy atom. The van der Waals surface area contributed by atoms with Crippen molar-refractivity contribution in [3.8, 4) is 0 Å². The van der Waals surface area contributed by atoms with E-state index in [2.05, 4.69) is 0 Å². The van der Waals surface area contributed by atoms with Gasteiger partial charge < -0.3 is 10.0 Å². The molecule has 3 rings (SSSR count). The molecule has 6 heteroatoms. The van der Waals surface area contributed by atoms with Gasteiger partial charge in [0, 0.05) is 31.8 Å². The fourth-order valence-corrected chi connectivity index (χ4v) is 3.16. The van der Waals surface area contributed by atoms with Crippen molar-refractivity contribution in [3.05, 3.63) is 59.2 Å². The molecule has 1 aliphatic heterocycles. The number of rotatable bonds is 4. The van der Waals surface area contributed by atoms with E-state index in [-0.39, 0.29) is 18.7 Å². The van der Waals surface area contributed by atoms with Crippen molar-refractivity contribution in [2.75, 3.05) is 23.9 Å². The Hall–Kier alpha value is -3.15. The van der Waals surface area contributed by atoms with Crippen molar-refractivity contribution in [1.29, 1.82) is 0 Å². The third-order valence-electron chi connectivity index (χ3n) is 4.46. The SMILES string of the molecule is CN(C)c1ccc(C(=O)N2C(=O)CCc3cccc(CC(=O)O)c32)cc1. The summed E-state index contributed by atoms with van der Waals surface area (Å²) < 4.78 is 0. The number of imide groups is 1. The first kappa shape index (κ1) is 17.7. The van der Waals surface area contributed by atoms with E-state index in [4.69, 9.17) is 5.11 Å². The summed E-state index contributed by atoms with van der Waals surface area (Å²) in [6.07, 6.45) is 0.496. The highest BCUT2D eigenvalue weighted by Gasteiger charge is 2.32. The van der Waals surface area contributed by atoms with Gasteiger partial charge in [0.05, 0.1) is 12.1 Å². The van der Waals surface area contributed by atoms with Gasteiger partial charge in [0.2, 0.25) is 5.91 Å². The van der Waals surface area contributed by atoms with Crippen molar-refractivity contribution >= 4 is 29.2 Å². The smallest absolute Gasteiger partial charge is 0.307 e. The van der Waals surface area contributed by atoms with Gasteiger partial charge >= 0.3 is 5.97 Å². The molecule has 0 spiro atoms. The molecule has 2 amide bonds. The molecular formula is C20H20N2O4. The second-order valence-corrected chi connectivity index (χ2v) is 6.47. The number of carbonyl (C=O) groups is 3. The summed E-state index contributed by atoms with van der Waals surface area (Å²) in [5, 5.41) is 9.17. The predicted molar refractivity (Wildman–Crippen MR) is 98.7 cm³/mol. The van der Waals surface area contributed by atoms with Crippen molar-refractivity contribution in [2.24, 2.45) is 0 Å². The number of aryl methyl sites for hydroxylation is 1. The number of benzene rings is 2. The van der Waals surface area contributed by atoms with Crippen molar-refractivity contribution < 1.29 is 19.5 Å². The molecule has 6 nitrogen and oxygen atoms in total. The number of para-hydroxylation sites is 1. The maximum absolute atomic E-state index is 13.0. The minimum Gasteiger partial charge on any atom is -0.481 e. The molecule has 26 heavy (non-hydrogen) atoms. The molecule has 0 fully saturated rings. The molecule has 0 bridgehead atoms. The third-order valence-corrected chi connectivity index (χ3v) is 4.46. The van der Waals surface area contributed by atoms with Gasteiger partial charge in [0.25, 0.3) is 5.91 Å². The fraction of sp³-hybridized carbons (Fsp3) is 0.250. The Morgan fingerprint density at radius 1 is 1.08 bits per heavy atom. The Bertz CT molecular complexity index is 872. The quantitative estimate of drug-likeness (QED) is 0.856. The van der Waals surface area contributed by atoms with E-state index in [1.807, 2.05) is 37.2 Å². The van der Waals surface area contributed by atoms with Crippen molar-refractivity contribution in [2.45, 2.75) is 19.3 Å². The zero-order chi connectivity index (χ0) is 18.8. The van der Waals surface area contributed by atoms with Crippen LogP contribution in [0.4, 0.5) is 11.4 Å². The third kappa shape index (κ3) is 3.31. The van der Waals surface area contributed by atoms with Gasteiger partial charge in [0.15, 0.2) is 0 Å². The molecule has 0 aromatic heterocycles. The molecule has 2 aromatic rings. The molecule has 0 aliphatic carbocycles. The zero-order valence-corrected chi connectivity index (χ0v) is 14.7. The van der Waals surface area contributed by atoms with E-state index in [0.29, 0.717) is 23.2 Å². The van der Waals surface area contributed by atoms with Crippen LogP contribution < -0.4 is 9.80 Å². The highest BCUT2D eigenvalue weighted by atomic mass is 16.4. The van der Waals surface area contributed by atoms with Gasteiger partial charge in [-0.1, -0.05) is 18.2 Å².